The second-order valence-corrected chi connectivity index (χ2v) is 3.37. The van der Waals surface area contributed by atoms with Gasteiger partial charge in [0.25, 0.3) is 0 Å². The van der Waals surface area contributed by atoms with E-state index in [0.717, 1.165) is 0 Å². The molecule has 0 bridgehead atoms. The molecule has 0 aliphatic heterocycles. The standard InChI is InChI=1S/2Cr.Mn.8O/q;;+4;;;;;4*-1. The molecule has 0 fully saturated rings. The Labute approximate surface area is 76.1 Å². The molecular formula is Cr2MnO8. The van der Waals surface area contributed by atoms with Crippen LogP contribution in [0.2, 0.25) is 0 Å². The molecule has 0 saturated carbocycles. The van der Waals surface area contributed by atoms with Crippen LogP contribution in [0.1, 0.15) is 0 Å². The molecule has 1 radical (unpaired) electrons. The molecule has 11 heteroatoms. The first-order chi connectivity index (χ1) is 4.00. The summed E-state index contributed by atoms with van der Waals surface area (Å²) in [6, 6.07) is 0. The van der Waals surface area contributed by atoms with Crippen LogP contribution in [0.4, 0.5) is 0 Å². The van der Waals surface area contributed by atoms with Gasteiger partial charge in [0.05, 0.1) is 0 Å². The first-order valence-electron chi connectivity index (χ1n) is 1.33. The van der Waals surface area contributed by atoms with Gasteiger partial charge in [-0.3, -0.25) is 0 Å². The topological polar surface area (TPSA) is 161 Å². The molecule has 0 aromatic heterocycles. The molecule has 8 nitrogen and oxygen atoms in total. The van der Waals surface area contributed by atoms with Crippen molar-refractivity contribution in [1.29, 1.82) is 0 Å². The van der Waals surface area contributed by atoms with Gasteiger partial charge >= 0.3 is 76.1 Å². The van der Waals surface area contributed by atoms with Crippen LogP contribution < -0.4 is 16.6 Å². The summed E-state index contributed by atoms with van der Waals surface area (Å²) in [6.07, 6.45) is 0. The molecule has 11 heavy (non-hydrogen) atoms. The van der Waals surface area contributed by atoms with Crippen LogP contribution in [0, 0.1) is 0 Å². The third kappa shape index (κ3) is 2030. The van der Waals surface area contributed by atoms with Gasteiger partial charge < -0.3 is 0 Å². The number of hydrogen-bond acceptors (Lipinski definition) is 8. The summed E-state index contributed by atoms with van der Waals surface area (Å²) >= 11 is -11.5. The molecule has 0 spiro atoms. The minimum absolute atomic E-state index is 0. The normalized spacial score (nSPS) is 10.5. The van der Waals surface area contributed by atoms with Crippen molar-refractivity contribution < 1.29 is 76.1 Å². The van der Waals surface area contributed by atoms with Crippen LogP contribution in [0.25, 0.3) is 0 Å². The molecule has 67 valence electrons. The van der Waals surface area contributed by atoms with Gasteiger partial charge in [0, 0.05) is 0 Å². The molecule has 0 atom stereocenters. The maximum atomic E-state index is 8.59. The second kappa shape index (κ2) is 6.17. The van der Waals surface area contributed by atoms with Gasteiger partial charge in [-0.05, 0) is 0 Å². The summed E-state index contributed by atoms with van der Waals surface area (Å²) in [7, 11) is 0. The van der Waals surface area contributed by atoms with Crippen molar-refractivity contribution in [2.75, 3.05) is 0 Å². The summed E-state index contributed by atoms with van der Waals surface area (Å²) in [5.41, 5.74) is 0. The Bertz CT molecular complexity index is 208. The zero-order chi connectivity index (χ0) is 9.00. The Hall–Kier alpha value is 0.624. The Morgan fingerprint density at radius 1 is 0.636 bits per heavy atom. The average molecular weight is 287 g/mol. The second-order valence-electron chi connectivity index (χ2n) is 0.816. The van der Waals surface area contributed by atoms with Gasteiger partial charge in [0.2, 0.25) is 0 Å². The fourth-order valence-electron chi connectivity index (χ4n) is 0. The van der Waals surface area contributed by atoms with Gasteiger partial charge in [-0.1, -0.05) is 0 Å². The van der Waals surface area contributed by atoms with Gasteiger partial charge in [0.1, 0.15) is 0 Å². The summed E-state index contributed by atoms with van der Waals surface area (Å²) < 4.78 is 68.8. The SMILES string of the molecule is [Mn+4].[O]=[Cr](=[O])([O-])[O-].[O]=[Cr](=[O])([O-])[O-]. The van der Waals surface area contributed by atoms with Gasteiger partial charge in [-0.15, -0.1) is 0 Å². The van der Waals surface area contributed by atoms with Crippen molar-refractivity contribution >= 4 is 0 Å². The molecule has 0 aliphatic carbocycles. The van der Waals surface area contributed by atoms with Crippen molar-refractivity contribution in [1.82, 2.24) is 0 Å². The molecular weight excluding hydrogens is 287 g/mol. The Balaban J connectivity index is -0.000000107. The van der Waals surface area contributed by atoms with E-state index < -0.39 is 27.2 Å². The summed E-state index contributed by atoms with van der Waals surface area (Å²) in [4.78, 5) is 0. The first-order valence-corrected chi connectivity index (χ1v) is 5.50. The van der Waals surface area contributed by atoms with E-state index in [4.69, 9.17) is 31.8 Å². The molecule has 0 saturated heterocycles. The van der Waals surface area contributed by atoms with E-state index >= 15 is 0 Å². The van der Waals surface area contributed by atoms with Crippen molar-refractivity contribution in [2.24, 2.45) is 0 Å². The third-order valence-electron chi connectivity index (χ3n) is 0. The quantitative estimate of drug-likeness (QED) is 0.399. The fraction of sp³-hybridized carbons (Fsp3) is 0. The summed E-state index contributed by atoms with van der Waals surface area (Å²) in [6.45, 7) is 0. The maximum absolute atomic E-state index is 8.59. The van der Waals surface area contributed by atoms with Crippen molar-refractivity contribution in [3.8, 4) is 0 Å². The van der Waals surface area contributed by atoms with E-state index in [2.05, 4.69) is 0 Å². The van der Waals surface area contributed by atoms with Gasteiger partial charge in [0.15, 0.2) is 0 Å². The molecule has 0 N–H and O–H groups in total. The van der Waals surface area contributed by atoms with Crippen LogP contribution in [-0.4, -0.2) is 0 Å². The van der Waals surface area contributed by atoms with E-state index in [1.165, 1.54) is 0 Å². The number of hydrogen-bond donors (Lipinski definition) is 0. The predicted molar refractivity (Wildman–Crippen MR) is 2.75 cm³/mol. The van der Waals surface area contributed by atoms with E-state index in [-0.39, 0.29) is 17.1 Å². The summed E-state index contributed by atoms with van der Waals surface area (Å²) in [5.74, 6) is 0. The van der Waals surface area contributed by atoms with Crippen LogP contribution >= 0.6 is 0 Å². The molecule has 0 amide bonds. The molecule has 0 aromatic carbocycles. The fourth-order valence-corrected chi connectivity index (χ4v) is 0. The minimum atomic E-state index is -5.75. The van der Waals surface area contributed by atoms with Gasteiger partial charge in [-0.2, -0.15) is 0 Å². The van der Waals surface area contributed by atoms with E-state index in [1.807, 2.05) is 0 Å². The van der Waals surface area contributed by atoms with E-state index in [0.29, 0.717) is 0 Å². The Morgan fingerprint density at radius 2 is 0.636 bits per heavy atom. The van der Waals surface area contributed by atoms with Crippen LogP contribution in [0.3, 0.4) is 0 Å². The first kappa shape index (κ1) is 17.6. The zero-order valence-electron chi connectivity index (χ0n) is 4.46. The predicted octanol–water partition coefficient (Wildman–Crippen LogP) is -5.24. The van der Waals surface area contributed by atoms with Crippen LogP contribution in [-0.2, 0) is 59.5 Å². The van der Waals surface area contributed by atoms with E-state index in [9.17, 15) is 0 Å². The van der Waals surface area contributed by atoms with Crippen molar-refractivity contribution in [2.45, 2.75) is 0 Å². The molecule has 0 aliphatic rings. The third-order valence-corrected chi connectivity index (χ3v) is 0. The Morgan fingerprint density at radius 3 is 0.636 bits per heavy atom. The van der Waals surface area contributed by atoms with Crippen LogP contribution in [0.15, 0.2) is 0 Å². The molecule has 0 heterocycles. The van der Waals surface area contributed by atoms with Crippen LogP contribution in [0.5, 0.6) is 0 Å². The molecule has 0 unspecified atom stereocenters. The van der Waals surface area contributed by atoms with E-state index in [1.54, 1.807) is 0 Å². The zero-order valence-corrected chi connectivity index (χ0v) is 8.19. The van der Waals surface area contributed by atoms with Crippen molar-refractivity contribution in [3.63, 3.8) is 0 Å². The monoisotopic (exact) mass is 287 g/mol. The summed E-state index contributed by atoms with van der Waals surface area (Å²) in [5, 5.41) is 0. The Kier molecular flexibility index (Phi) is 9.90. The van der Waals surface area contributed by atoms with Gasteiger partial charge in [-0.25, -0.2) is 0 Å². The molecule has 0 aromatic rings. The number of rotatable bonds is 0. The average Bonchev–Trinajstić information content (AvgIpc) is 1.12. The molecule has 0 rings (SSSR count). The van der Waals surface area contributed by atoms with Crippen molar-refractivity contribution in [3.05, 3.63) is 0 Å².